The molecule has 1 fully saturated rings. The quantitative estimate of drug-likeness (QED) is 0.819. The molecular formula is C16H19F2NO. The number of nitrogens with one attached hydrogen (secondary N) is 1. The van der Waals surface area contributed by atoms with Crippen molar-refractivity contribution in [1.29, 1.82) is 0 Å². The second kappa shape index (κ2) is 4.54. The van der Waals surface area contributed by atoms with Crippen molar-refractivity contribution in [3.8, 4) is 0 Å². The Morgan fingerprint density at radius 1 is 1.25 bits per heavy atom. The highest BCUT2D eigenvalue weighted by Crippen LogP contribution is 2.51. The first-order valence-electron chi connectivity index (χ1n) is 7.20. The molecule has 2 unspecified atom stereocenters. The largest absolute Gasteiger partial charge is 0.323 e. The smallest absolute Gasteiger partial charge is 0.232 e. The number of anilines is 1. The van der Waals surface area contributed by atoms with Gasteiger partial charge in [0.05, 0.1) is 11.6 Å². The fourth-order valence-corrected chi connectivity index (χ4v) is 3.85. The van der Waals surface area contributed by atoms with Crippen LogP contribution >= 0.6 is 0 Å². The van der Waals surface area contributed by atoms with Crippen molar-refractivity contribution >= 4 is 11.6 Å². The zero-order valence-corrected chi connectivity index (χ0v) is 11.8. The molecule has 108 valence electrons. The summed E-state index contributed by atoms with van der Waals surface area (Å²) >= 11 is 0. The number of rotatable bonds is 1. The molecule has 1 amide bonds. The number of carbonyl (C=O) groups is 1. The van der Waals surface area contributed by atoms with Crippen LogP contribution in [0.4, 0.5) is 14.5 Å². The van der Waals surface area contributed by atoms with Crippen molar-refractivity contribution in [2.24, 2.45) is 11.3 Å². The van der Waals surface area contributed by atoms with Crippen molar-refractivity contribution in [2.45, 2.75) is 45.4 Å². The lowest BCUT2D eigenvalue weighted by atomic mass is 9.63. The number of halogens is 2. The van der Waals surface area contributed by atoms with Crippen molar-refractivity contribution in [2.75, 3.05) is 5.32 Å². The molecule has 1 aliphatic carbocycles. The van der Waals surface area contributed by atoms with Crippen molar-refractivity contribution in [1.82, 2.24) is 0 Å². The average molecular weight is 279 g/mol. The fraction of sp³-hybridized carbons (Fsp3) is 0.562. The molecule has 0 bridgehead atoms. The standard InChI is InChI=1S/C16H19F2NO/c1-16(2)6-4-3-5-11(16)13-10-7-9(17)8-12(18)14(10)19-15(13)20/h7-8,11,13H,3-6H2,1-2H3,(H,19,20). The first-order chi connectivity index (χ1) is 9.40. The number of hydrogen-bond donors (Lipinski definition) is 1. The lowest BCUT2D eigenvalue weighted by Crippen LogP contribution is -2.35. The lowest BCUT2D eigenvalue weighted by molar-refractivity contribution is -0.119. The first-order valence-corrected chi connectivity index (χ1v) is 7.20. The van der Waals surface area contributed by atoms with E-state index in [1.165, 1.54) is 6.07 Å². The molecule has 2 atom stereocenters. The van der Waals surface area contributed by atoms with E-state index in [1.807, 2.05) is 0 Å². The normalized spacial score (nSPS) is 28.1. The van der Waals surface area contributed by atoms with E-state index in [1.54, 1.807) is 0 Å². The third kappa shape index (κ3) is 2.02. The van der Waals surface area contributed by atoms with Gasteiger partial charge >= 0.3 is 0 Å². The van der Waals surface area contributed by atoms with E-state index in [2.05, 4.69) is 19.2 Å². The summed E-state index contributed by atoms with van der Waals surface area (Å²) in [5.74, 6) is -1.77. The molecule has 4 heteroatoms. The van der Waals surface area contributed by atoms with Gasteiger partial charge in [-0.15, -0.1) is 0 Å². The maximum absolute atomic E-state index is 13.8. The maximum atomic E-state index is 13.8. The van der Waals surface area contributed by atoms with Gasteiger partial charge in [0.2, 0.25) is 5.91 Å². The van der Waals surface area contributed by atoms with Crippen LogP contribution < -0.4 is 5.32 Å². The van der Waals surface area contributed by atoms with E-state index in [4.69, 9.17) is 0 Å². The Morgan fingerprint density at radius 3 is 2.70 bits per heavy atom. The van der Waals surface area contributed by atoms with E-state index < -0.39 is 17.6 Å². The Balaban J connectivity index is 2.06. The molecule has 0 spiro atoms. The monoisotopic (exact) mass is 279 g/mol. The Kier molecular flexibility index (Phi) is 3.07. The molecule has 1 aromatic carbocycles. The van der Waals surface area contributed by atoms with Gasteiger partial charge in [0.25, 0.3) is 0 Å². The van der Waals surface area contributed by atoms with E-state index in [0.717, 1.165) is 31.7 Å². The van der Waals surface area contributed by atoms with Crippen LogP contribution in [-0.4, -0.2) is 5.91 Å². The van der Waals surface area contributed by atoms with Gasteiger partial charge in [-0.2, -0.15) is 0 Å². The Bertz CT molecular complexity index is 568. The van der Waals surface area contributed by atoms with Crippen LogP contribution in [-0.2, 0) is 4.79 Å². The Labute approximate surface area is 117 Å². The van der Waals surface area contributed by atoms with E-state index in [0.29, 0.717) is 5.56 Å². The zero-order chi connectivity index (χ0) is 14.5. The summed E-state index contributed by atoms with van der Waals surface area (Å²) < 4.78 is 27.3. The molecule has 1 N–H and O–H groups in total. The lowest BCUT2D eigenvalue weighted by Gasteiger charge is -2.41. The molecule has 1 aromatic rings. The van der Waals surface area contributed by atoms with E-state index >= 15 is 0 Å². The predicted molar refractivity (Wildman–Crippen MR) is 73.5 cm³/mol. The highest BCUT2D eigenvalue weighted by Gasteiger charge is 2.45. The predicted octanol–water partition coefficient (Wildman–Crippen LogP) is 4.22. The molecule has 2 aliphatic rings. The fourth-order valence-electron chi connectivity index (χ4n) is 3.85. The van der Waals surface area contributed by atoms with Crippen molar-refractivity contribution < 1.29 is 13.6 Å². The molecule has 3 rings (SSSR count). The van der Waals surface area contributed by atoms with Gasteiger partial charge in [-0.05, 0) is 35.8 Å². The molecule has 2 nitrogen and oxygen atoms in total. The summed E-state index contributed by atoms with van der Waals surface area (Å²) in [6, 6.07) is 2.14. The highest BCUT2D eigenvalue weighted by atomic mass is 19.1. The minimum Gasteiger partial charge on any atom is -0.323 e. The van der Waals surface area contributed by atoms with Gasteiger partial charge < -0.3 is 5.32 Å². The summed E-state index contributed by atoms with van der Waals surface area (Å²) in [5.41, 5.74) is 0.681. The summed E-state index contributed by atoms with van der Waals surface area (Å²) in [6.45, 7) is 4.30. The molecule has 0 saturated heterocycles. The average Bonchev–Trinajstić information content (AvgIpc) is 2.66. The summed E-state index contributed by atoms with van der Waals surface area (Å²) in [6.07, 6.45) is 4.21. The Hall–Kier alpha value is -1.45. The van der Waals surface area contributed by atoms with Crippen LogP contribution in [0.3, 0.4) is 0 Å². The van der Waals surface area contributed by atoms with Crippen LogP contribution in [0.25, 0.3) is 0 Å². The first kappa shape index (κ1) is 13.5. The maximum Gasteiger partial charge on any atom is 0.232 e. The van der Waals surface area contributed by atoms with Gasteiger partial charge in [0, 0.05) is 6.07 Å². The third-order valence-electron chi connectivity index (χ3n) is 4.94. The number of carbonyl (C=O) groups excluding carboxylic acids is 1. The van der Waals surface area contributed by atoms with Crippen LogP contribution in [0.1, 0.15) is 51.0 Å². The second-order valence-corrected chi connectivity index (χ2v) is 6.66. The van der Waals surface area contributed by atoms with Gasteiger partial charge in [-0.3, -0.25) is 4.79 Å². The van der Waals surface area contributed by atoms with Crippen LogP contribution in [0.2, 0.25) is 0 Å². The SMILES string of the molecule is CC1(C)CCCCC1C1C(=O)Nc2c(F)cc(F)cc21. The molecular weight excluding hydrogens is 260 g/mol. The van der Waals surface area contributed by atoms with Gasteiger partial charge in [-0.25, -0.2) is 8.78 Å². The minimum absolute atomic E-state index is 0.0185. The van der Waals surface area contributed by atoms with Gasteiger partial charge in [0.1, 0.15) is 11.6 Å². The molecule has 0 radical (unpaired) electrons. The van der Waals surface area contributed by atoms with Crippen LogP contribution in [0, 0.1) is 23.0 Å². The third-order valence-corrected chi connectivity index (χ3v) is 4.94. The molecule has 20 heavy (non-hydrogen) atoms. The van der Waals surface area contributed by atoms with Crippen LogP contribution in [0.5, 0.6) is 0 Å². The highest BCUT2D eigenvalue weighted by molar-refractivity contribution is 6.03. The van der Waals surface area contributed by atoms with Crippen molar-refractivity contribution in [3.05, 3.63) is 29.3 Å². The summed E-state index contributed by atoms with van der Waals surface area (Å²) in [5, 5.41) is 2.60. The van der Waals surface area contributed by atoms with Crippen molar-refractivity contribution in [3.63, 3.8) is 0 Å². The number of amides is 1. The number of fused-ring (bicyclic) bond motifs is 1. The second-order valence-electron chi connectivity index (χ2n) is 6.66. The molecule has 1 saturated carbocycles. The minimum atomic E-state index is -0.676. The molecule has 1 aliphatic heterocycles. The number of hydrogen-bond acceptors (Lipinski definition) is 1. The number of benzene rings is 1. The topological polar surface area (TPSA) is 29.1 Å². The van der Waals surface area contributed by atoms with Gasteiger partial charge in [0.15, 0.2) is 0 Å². The van der Waals surface area contributed by atoms with E-state index in [9.17, 15) is 13.6 Å². The summed E-state index contributed by atoms with van der Waals surface area (Å²) in [7, 11) is 0. The van der Waals surface area contributed by atoms with Gasteiger partial charge in [-0.1, -0.05) is 26.7 Å². The van der Waals surface area contributed by atoms with Crippen LogP contribution in [0.15, 0.2) is 12.1 Å². The van der Waals surface area contributed by atoms with E-state index in [-0.39, 0.29) is 22.9 Å². The Morgan fingerprint density at radius 2 is 2.00 bits per heavy atom. The molecule has 1 heterocycles. The zero-order valence-electron chi connectivity index (χ0n) is 11.8. The summed E-state index contributed by atoms with van der Waals surface area (Å²) in [4.78, 5) is 12.3. The molecule has 0 aromatic heterocycles.